The van der Waals surface area contributed by atoms with Crippen molar-refractivity contribution >= 4 is 16.8 Å². The zero-order valence-corrected chi connectivity index (χ0v) is 13.8. The van der Waals surface area contributed by atoms with Gasteiger partial charge in [-0.25, -0.2) is 4.79 Å². The first-order valence-electron chi connectivity index (χ1n) is 7.86. The molecule has 1 aliphatic heterocycles. The van der Waals surface area contributed by atoms with Crippen LogP contribution in [0.4, 0.5) is 0 Å². The lowest BCUT2D eigenvalue weighted by molar-refractivity contribution is 0.0731. The monoisotopic (exact) mass is 316 g/mol. The molecule has 0 amide bonds. The van der Waals surface area contributed by atoms with Crippen LogP contribution in [0.5, 0.6) is 11.5 Å². The molecule has 0 aliphatic carbocycles. The third-order valence-corrected chi connectivity index (χ3v) is 4.44. The van der Waals surface area contributed by atoms with Crippen LogP contribution in [0.25, 0.3) is 11.0 Å². The largest absolute Gasteiger partial charge is 0.496 e. The van der Waals surface area contributed by atoms with Crippen molar-refractivity contribution in [3.8, 4) is 11.5 Å². The van der Waals surface area contributed by atoms with Gasteiger partial charge in [0, 0.05) is 12.1 Å². The van der Waals surface area contributed by atoms with Gasteiger partial charge in [-0.15, -0.1) is 0 Å². The van der Waals surface area contributed by atoms with Crippen molar-refractivity contribution < 1.29 is 18.7 Å². The Bertz CT molecular complexity index is 833. The summed E-state index contributed by atoms with van der Waals surface area (Å²) in [5.74, 6) is 0.615. The molecule has 0 saturated carbocycles. The maximum absolute atomic E-state index is 12.7. The van der Waals surface area contributed by atoms with E-state index in [9.17, 15) is 9.59 Å². The van der Waals surface area contributed by atoms with Crippen LogP contribution in [0, 0.1) is 5.92 Å². The lowest BCUT2D eigenvalue weighted by atomic mass is 9.89. The Kier molecular flexibility index (Phi) is 3.88. The Morgan fingerprint density at radius 3 is 2.61 bits per heavy atom. The highest BCUT2D eigenvalue weighted by Crippen LogP contribution is 2.41. The fourth-order valence-electron chi connectivity index (χ4n) is 3.06. The van der Waals surface area contributed by atoms with E-state index in [4.69, 9.17) is 13.9 Å². The molecule has 0 fully saturated rings. The van der Waals surface area contributed by atoms with Gasteiger partial charge < -0.3 is 13.9 Å². The van der Waals surface area contributed by atoms with Crippen LogP contribution in [-0.4, -0.2) is 19.0 Å². The van der Waals surface area contributed by atoms with Crippen molar-refractivity contribution in [2.75, 3.05) is 7.11 Å². The topological polar surface area (TPSA) is 65.7 Å². The molecule has 122 valence electrons. The number of fused-ring (bicyclic) bond motifs is 3. The van der Waals surface area contributed by atoms with Crippen molar-refractivity contribution in [2.24, 2.45) is 5.92 Å². The van der Waals surface area contributed by atoms with Gasteiger partial charge in [-0.2, -0.15) is 0 Å². The summed E-state index contributed by atoms with van der Waals surface area (Å²) in [5, 5.41) is 0.686. The highest BCUT2D eigenvalue weighted by molar-refractivity contribution is 6.12. The fourth-order valence-corrected chi connectivity index (χ4v) is 3.06. The molecule has 2 heterocycles. The van der Waals surface area contributed by atoms with Gasteiger partial charge in [-0.05, 0) is 18.9 Å². The smallest absolute Gasteiger partial charge is 0.336 e. The summed E-state index contributed by atoms with van der Waals surface area (Å²) in [5.41, 5.74) is 0.994. The van der Waals surface area contributed by atoms with Crippen molar-refractivity contribution in [1.82, 2.24) is 0 Å². The third kappa shape index (κ3) is 2.40. The van der Waals surface area contributed by atoms with Crippen LogP contribution >= 0.6 is 0 Å². The summed E-state index contributed by atoms with van der Waals surface area (Å²) >= 11 is 0. The molecule has 1 aromatic carbocycles. The van der Waals surface area contributed by atoms with Gasteiger partial charge in [0.05, 0.1) is 18.4 Å². The van der Waals surface area contributed by atoms with Gasteiger partial charge in [0.25, 0.3) is 0 Å². The quantitative estimate of drug-likeness (QED) is 0.812. The maximum Gasteiger partial charge on any atom is 0.336 e. The Hall–Kier alpha value is -2.30. The molecule has 5 heteroatoms. The predicted molar refractivity (Wildman–Crippen MR) is 86.6 cm³/mol. The van der Waals surface area contributed by atoms with Crippen LogP contribution in [0.3, 0.4) is 0 Å². The standard InChI is InChI=1S/C18H20O5/c1-5-6-11-7-14(19)23-18-15(11)12(21-4)8-13-16(18)17(20)9(2)10(3)22-13/h7-10H,5-6H2,1-4H3. The molecular weight excluding hydrogens is 296 g/mol. The Morgan fingerprint density at radius 2 is 1.96 bits per heavy atom. The van der Waals surface area contributed by atoms with Crippen LogP contribution in [0.15, 0.2) is 21.3 Å². The number of benzene rings is 1. The summed E-state index contributed by atoms with van der Waals surface area (Å²) in [6.07, 6.45) is 1.34. The van der Waals surface area contributed by atoms with Crippen molar-refractivity contribution in [3.63, 3.8) is 0 Å². The van der Waals surface area contributed by atoms with Gasteiger partial charge in [0.1, 0.15) is 23.2 Å². The Morgan fingerprint density at radius 1 is 1.22 bits per heavy atom. The molecule has 23 heavy (non-hydrogen) atoms. The minimum absolute atomic E-state index is 0.0665. The lowest BCUT2D eigenvalue weighted by Gasteiger charge is -2.28. The number of ether oxygens (including phenoxy) is 2. The van der Waals surface area contributed by atoms with Gasteiger partial charge >= 0.3 is 5.63 Å². The van der Waals surface area contributed by atoms with Gasteiger partial charge in [-0.3, -0.25) is 4.79 Å². The minimum atomic E-state index is -0.463. The third-order valence-electron chi connectivity index (χ3n) is 4.44. The second-order valence-corrected chi connectivity index (χ2v) is 5.97. The molecule has 2 atom stereocenters. The number of ketones is 1. The Balaban J connectivity index is 2.43. The van der Waals surface area contributed by atoms with Gasteiger partial charge in [-0.1, -0.05) is 20.3 Å². The van der Waals surface area contributed by atoms with E-state index in [1.165, 1.54) is 6.07 Å². The fraction of sp³-hybridized carbons (Fsp3) is 0.444. The molecule has 0 N–H and O–H groups in total. The van der Waals surface area contributed by atoms with E-state index in [0.717, 1.165) is 12.0 Å². The van der Waals surface area contributed by atoms with E-state index in [2.05, 4.69) is 0 Å². The molecular formula is C18H20O5. The first kappa shape index (κ1) is 15.6. The number of carbonyl (C=O) groups is 1. The van der Waals surface area contributed by atoms with Gasteiger partial charge in [0.15, 0.2) is 11.4 Å². The summed E-state index contributed by atoms with van der Waals surface area (Å²) in [6, 6.07) is 3.19. The van der Waals surface area contributed by atoms with Crippen LogP contribution < -0.4 is 15.1 Å². The molecule has 1 aliphatic rings. The van der Waals surface area contributed by atoms with Crippen molar-refractivity contribution in [1.29, 1.82) is 0 Å². The second kappa shape index (κ2) is 5.72. The van der Waals surface area contributed by atoms with E-state index < -0.39 is 5.63 Å². The maximum atomic E-state index is 12.7. The second-order valence-electron chi connectivity index (χ2n) is 5.97. The molecule has 0 saturated heterocycles. The normalized spacial score (nSPS) is 20.3. The molecule has 2 unspecified atom stereocenters. The molecule has 1 aromatic heterocycles. The predicted octanol–water partition coefficient (Wildman–Crippen LogP) is 3.35. The Labute approximate surface area is 134 Å². The molecule has 0 bridgehead atoms. The SMILES string of the molecule is CCCc1cc(=O)oc2c3c(cc(OC)c12)OC(C)C(C)C3=O. The van der Waals surface area contributed by atoms with E-state index in [-0.39, 0.29) is 23.4 Å². The summed E-state index contributed by atoms with van der Waals surface area (Å²) in [6.45, 7) is 5.70. The number of rotatable bonds is 3. The molecule has 2 aromatic rings. The average molecular weight is 316 g/mol. The van der Waals surface area contributed by atoms with E-state index in [0.29, 0.717) is 28.9 Å². The lowest BCUT2D eigenvalue weighted by Crippen LogP contribution is -2.33. The van der Waals surface area contributed by atoms with Crippen LogP contribution in [0.2, 0.25) is 0 Å². The first-order chi connectivity index (χ1) is 11.0. The molecule has 0 spiro atoms. The van der Waals surface area contributed by atoms with Crippen LogP contribution in [-0.2, 0) is 6.42 Å². The number of aryl methyl sites for hydroxylation is 1. The highest BCUT2D eigenvalue weighted by atomic mass is 16.5. The highest BCUT2D eigenvalue weighted by Gasteiger charge is 2.35. The summed E-state index contributed by atoms with van der Waals surface area (Å²) in [7, 11) is 1.55. The zero-order chi connectivity index (χ0) is 16.7. The van der Waals surface area contributed by atoms with E-state index in [1.54, 1.807) is 13.2 Å². The minimum Gasteiger partial charge on any atom is -0.496 e. The van der Waals surface area contributed by atoms with E-state index >= 15 is 0 Å². The number of hydrogen-bond acceptors (Lipinski definition) is 5. The molecule has 3 rings (SSSR count). The summed E-state index contributed by atoms with van der Waals surface area (Å²) in [4.78, 5) is 24.7. The van der Waals surface area contributed by atoms with E-state index in [1.807, 2.05) is 20.8 Å². The number of Topliss-reactive ketones (excluding diaryl/α,β-unsaturated/α-hetero) is 1. The molecule has 5 nitrogen and oxygen atoms in total. The van der Waals surface area contributed by atoms with Crippen molar-refractivity contribution in [3.05, 3.63) is 33.7 Å². The summed E-state index contributed by atoms with van der Waals surface area (Å²) < 4.78 is 16.7. The number of methoxy groups -OCH3 is 1. The molecule has 0 radical (unpaired) electrons. The average Bonchev–Trinajstić information content (AvgIpc) is 2.51. The number of carbonyl (C=O) groups excluding carboxylic acids is 1. The first-order valence-corrected chi connectivity index (χ1v) is 7.86. The number of hydrogen-bond donors (Lipinski definition) is 0. The van der Waals surface area contributed by atoms with Crippen LogP contribution in [0.1, 0.15) is 43.1 Å². The van der Waals surface area contributed by atoms with Crippen molar-refractivity contribution in [2.45, 2.75) is 39.7 Å². The van der Waals surface area contributed by atoms with Gasteiger partial charge in [0.2, 0.25) is 0 Å². The zero-order valence-electron chi connectivity index (χ0n) is 13.8.